The highest BCUT2D eigenvalue weighted by Crippen LogP contribution is 2.28. The van der Waals surface area contributed by atoms with Crippen molar-refractivity contribution in [2.75, 3.05) is 11.1 Å². The molecule has 2 aromatic carbocycles. The summed E-state index contributed by atoms with van der Waals surface area (Å²) in [5, 5.41) is 3.57. The van der Waals surface area contributed by atoms with Gasteiger partial charge >= 0.3 is 0 Å². The second-order valence-electron chi connectivity index (χ2n) is 5.05. The maximum Gasteiger partial charge on any atom is 0.0579 e. The lowest BCUT2D eigenvalue weighted by Gasteiger charge is -2.16. The SMILES string of the molecule is Cc1cccc(NC2Cc3ccccc3C2)c1N. The Kier molecular flexibility index (Phi) is 2.71. The van der Waals surface area contributed by atoms with Gasteiger partial charge in [0.05, 0.1) is 11.4 Å². The van der Waals surface area contributed by atoms with Gasteiger partial charge in [-0.1, -0.05) is 36.4 Å². The second-order valence-corrected chi connectivity index (χ2v) is 5.05. The van der Waals surface area contributed by atoms with Crippen LogP contribution in [0.1, 0.15) is 16.7 Å². The highest BCUT2D eigenvalue weighted by Gasteiger charge is 2.21. The van der Waals surface area contributed by atoms with Gasteiger partial charge < -0.3 is 11.1 Å². The Morgan fingerprint density at radius 1 is 1.00 bits per heavy atom. The van der Waals surface area contributed by atoms with Gasteiger partial charge in [0, 0.05) is 6.04 Å². The molecule has 0 saturated carbocycles. The van der Waals surface area contributed by atoms with E-state index >= 15 is 0 Å². The number of nitrogens with two attached hydrogens (primary N) is 1. The molecule has 0 atom stereocenters. The number of benzene rings is 2. The molecular weight excluding hydrogens is 220 g/mol. The molecule has 2 heteroatoms. The molecule has 0 fully saturated rings. The van der Waals surface area contributed by atoms with Crippen molar-refractivity contribution in [3.05, 3.63) is 59.2 Å². The molecule has 1 aliphatic rings. The predicted octanol–water partition coefficient (Wildman–Crippen LogP) is 3.16. The Balaban J connectivity index is 1.78. The fraction of sp³-hybridized carbons (Fsp3) is 0.250. The summed E-state index contributed by atoms with van der Waals surface area (Å²) < 4.78 is 0. The fourth-order valence-corrected chi connectivity index (χ4v) is 2.69. The Bertz CT molecular complexity index is 550. The molecule has 3 rings (SSSR count). The van der Waals surface area contributed by atoms with Crippen molar-refractivity contribution in [3.8, 4) is 0 Å². The lowest BCUT2D eigenvalue weighted by Crippen LogP contribution is -2.20. The first-order chi connectivity index (χ1) is 8.74. The van der Waals surface area contributed by atoms with E-state index in [1.807, 2.05) is 13.0 Å². The average Bonchev–Trinajstić information content (AvgIpc) is 2.77. The first-order valence-electron chi connectivity index (χ1n) is 6.42. The largest absolute Gasteiger partial charge is 0.397 e. The molecule has 0 saturated heterocycles. The average molecular weight is 238 g/mol. The van der Waals surface area contributed by atoms with Crippen molar-refractivity contribution in [2.45, 2.75) is 25.8 Å². The van der Waals surface area contributed by atoms with Crippen LogP contribution in [0.3, 0.4) is 0 Å². The van der Waals surface area contributed by atoms with E-state index in [4.69, 9.17) is 5.73 Å². The molecule has 0 bridgehead atoms. The maximum atomic E-state index is 6.10. The minimum Gasteiger partial charge on any atom is -0.397 e. The minimum absolute atomic E-state index is 0.464. The third-order valence-electron chi connectivity index (χ3n) is 3.73. The van der Waals surface area contributed by atoms with E-state index in [1.165, 1.54) is 11.1 Å². The molecular formula is C16H18N2. The first-order valence-corrected chi connectivity index (χ1v) is 6.42. The van der Waals surface area contributed by atoms with Gasteiger partial charge in [0.2, 0.25) is 0 Å². The van der Waals surface area contributed by atoms with Crippen LogP contribution in [0.5, 0.6) is 0 Å². The zero-order chi connectivity index (χ0) is 12.5. The Labute approximate surface area is 108 Å². The van der Waals surface area contributed by atoms with E-state index in [9.17, 15) is 0 Å². The first kappa shape index (κ1) is 11.1. The molecule has 18 heavy (non-hydrogen) atoms. The summed E-state index contributed by atoms with van der Waals surface area (Å²) in [4.78, 5) is 0. The quantitative estimate of drug-likeness (QED) is 0.789. The molecule has 0 amide bonds. The highest BCUT2D eigenvalue weighted by molar-refractivity contribution is 5.70. The summed E-state index contributed by atoms with van der Waals surface area (Å²) in [7, 11) is 0. The van der Waals surface area contributed by atoms with Gasteiger partial charge in [0.1, 0.15) is 0 Å². The van der Waals surface area contributed by atoms with Crippen LogP contribution in [0.25, 0.3) is 0 Å². The molecule has 3 N–H and O–H groups in total. The third-order valence-corrected chi connectivity index (χ3v) is 3.73. The summed E-state index contributed by atoms with van der Waals surface area (Å²) in [5.74, 6) is 0. The molecule has 0 heterocycles. The molecule has 0 aromatic heterocycles. The van der Waals surface area contributed by atoms with E-state index in [-0.39, 0.29) is 0 Å². The van der Waals surface area contributed by atoms with Crippen molar-refractivity contribution >= 4 is 11.4 Å². The topological polar surface area (TPSA) is 38.0 Å². The summed E-state index contributed by atoms with van der Waals surface area (Å²) in [5.41, 5.74) is 12.1. The standard InChI is InChI=1S/C16H18N2/c1-11-5-4-8-15(16(11)17)18-14-9-12-6-2-3-7-13(12)10-14/h2-8,14,18H,9-10,17H2,1H3. The number of aryl methyl sites for hydroxylation is 1. The van der Waals surface area contributed by atoms with Crippen LogP contribution >= 0.6 is 0 Å². The second kappa shape index (κ2) is 4.37. The Morgan fingerprint density at radius 2 is 1.67 bits per heavy atom. The van der Waals surface area contributed by atoms with Crippen LogP contribution in [0.15, 0.2) is 42.5 Å². The molecule has 2 nitrogen and oxygen atoms in total. The molecule has 0 spiro atoms. The van der Waals surface area contributed by atoms with Crippen molar-refractivity contribution in [1.29, 1.82) is 0 Å². The van der Waals surface area contributed by atoms with E-state index < -0.39 is 0 Å². The number of hydrogen-bond acceptors (Lipinski definition) is 2. The van der Waals surface area contributed by atoms with Gasteiger partial charge in [-0.2, -0.15) is 0 Å². The third kappa shape index (κ3) is 1.94. The van der Waals surface area contributed by atoms with Gasteiger partial charge in [-0.3, -0.25) is 0 Å². The van der Waals surface area contributed by atoms with Gasteiger partial charge in [-0.05, 0) is 42.5 Å². The van der Waals surface area contributed by atoms with E-state index in [0.29, 0.717) is 6.04 Å². The van der Waals surface area contributed by atoms with Crippen LogP contribution in [0.2, 0.25) is 0 Å². The van der Waals surface area contributed by atoms with Crippen molar-refractivity contribution in [2.24, 2.45) is 0 Å². The molecule has 92 valence electrons. The number of nitrogen functional groups attached to an aromatic ring is 1. The molecule has 1 aliphatic carbocycles. The van der Waals surface area contributed by atoms with Gasteiger partial charge in [-0.25, -0.2) is 0 Å². The fourth-order valence-electron chi connectivity index (χ4n) is 2.69. The maximum absolute atomic E-state index is 6.10. The van der Waals surface area contributed by atoms with Gasteiger partial charge in [0.25, 0.3) is 0 Å². The predicted molar refractivity (Wildman–Crippen MR) is 76.9 cm³/mol. The number of fused-ring (bicyclic) bond motifs is 1. The van der Waals surface area contributed by atoms with Crippen LogP contribution in [0.4, 0.5) is 11.4 Å². The Morgan fingerprint density at radius 3 is 2.33 bits per heavy atom. The molecule has 0 aliphatic heterocycles. The summed E-state index contributed by atoms with van der Waals surface area (Å²) in [6.45, 7) is 2.05. The number of nitrogens with one attached hydrogen (secondary N) is 1. The summed E-state index contributed by atoms with van der Waals surface area (Å²) in [6, 6.07) is 15.3. The number of rotatable bonds is 2. The smallest absolute Gasteiger partial charge is 0.0579 e. The van der Waals surface area contributed by atoms with Crippen LogP contribution in [-0.4, -0.2) is 6.04 Å². The lowest BCUT2D eigenvalue weighted by atomic mass is 10.1. The lowest BCUT2D eigenvalue weighted by molar-refractivity contribution is 0.775. The highest BCUT2D eigenvalue weighted by atomic mass is 14.9. The number of hydrogen-bond donors (Lipinski definition) is 2. The van der Waals surface area contributed by atoms with E-state index in [2.05, 4.69) is 41.7 Å². The molecule has 0 unspecified atom stereocenters. The van der Waals surface area contributed by atoms with Gasteiger partial charge in [0.15, 0.2) is 0 Å². The van der Waals surface area contributed by atoms with Crippen molar-refractivity contribution in [1.82, 2.24) is 0 Å². The van der Waals surface area contributed by atoms with E-state index in [1.54, 1.807) is 0 Å². The zero-order valence-corrected chi connectivity index (χ0v) is 10.6. The van der Waals surface area contributed by atoms with Crippen LogP contribution in [-0.2, 0) is 12.8 Å². The number of para-hydroxylation sites is 1. The molecule has 2 aromatic rings. The zero-order valence-electron chi connectivity index (χ0n) is 10.6. The van der Waals surface area contributed by atoms with Crippen LogP contribution in [0, 0.1) is 6.92 Å². The Hall–Kier alpha value is -1.96. The van der Waals surface area contributed by atoms with E-state index in [0.717, 1.165) is 29.8 Å². The van der Waals surface area contributed by atoms with Crippen molar-refractivity contribution in [3.63, 3.8) is 0 Å². The van der Waals surface area contributed by atoms with Crippen molar-refractivity contribution < 1.29 is 0 Å². The molecule has 0 radical (unpaired) electrons. The summed E-state index contributed by atoms with van der Waals surface area (Å²) in [6.07, 6.45) is 2.17. The summed E-state index contributed by atoms with van der Waals surface area (Å²) >= 11 is 0. The normalized spacial score (nSPS) is 14.5. The number of anilines is 2. The monoisotopic (exact) mass is 238 g/mol. The minimum atomic E-state index is 0.464. The van der Waals surface area contributed by atoms with Crippen LogP contribution < -0.4 is 11.1 Å². The van der Waals surface area contributed by atoms with Gasteiger partial charge in [-0.15, -0.1) is 0 Å².